The number of halogens is 1. The highest BCUT2D eigenvalue weighted by molar-refractivity contribution is 6.36. The number of aryl methyl sites for hydroxylation is 1. The lowest BCUT2D eigenvalue weighted by Crippen LogP contribution is -2.22. The first-order valence-corrected chi connectivity index (χ1v) is 7.69. The number of nitrogens with zero attached hydrogens (tertiary/aromatic N) is 1. The molecule has 0 spiro atoms. The number of hydrogen-bond acceptors (Lipinski definition) is 4. The van der Waals surface area contributed by atoms with Crippen LogP contribution in [0.2, 0.25) is 5.02 Å². The highest BCUT2D eigenvalue weighted by atomic mass is 35.5. The van der Waals surface area contributed by atoms with Crippen LogP contribution in [-0.4, -0.2) is 11.5 Å². The van der Waals surface area contributed by atoms with Crippen LogP contribution >= 0.6 is 11.6 Å². The molecule has 4 rings (SSSR count). The number of nitrogen functional groups attached to an aromatic ring is 1. The number of aromatic nitrogens is 1. The minimum absolute atomic E-state index is 0.515. The Morgan fingerprint density at radius 3 is 3.00 bits per heavy atom. The van der Waals surface area contributed by atoms with Gasteiger partial charge in [0, 0.05) is 42.2 Å². The summed E-state index contributed by atoms with van der Waals surface area (Å²) in [6.45, 7) is 3.73. The Kier molecular flexibility index (Phi) is 3.10. The van der Waals surface area contributed by atoms with E-state index in [1.54, 1.807) is 6.20 Å². The zero-order valence-electron chi connectivity index (χ0n) is 12.2. The summed E-state index contributed by atoms with van der Waals surface area (Å²) >= 11 is 6.48. The molecule has 0 saturated carbocycles. The van der Waals surface area contributed by atoms with Gasteiger partial charge in [0.05, 0.1) is 5.02 Å². The van der Waals surface area contributed by atoms with E-state index in [1.807, 2.05) is 19.1 Å². The maximum absolute atomic E-state index is 6.48. The van der Waals surface area contributed by atoms with Gasteiger partial charge in [0.2, 0.25) is 0 Å². The summed E-state index contributed by atoms with van der Waals surface area (Å²) in [7, 11) is 0. The van der Waals surface area contributed by atoms with Crippen LogP contribution in [0.5, 0.6) is 0 Å². The molecule has 22 heavy (non-hydrogen) atoms. The topological polar surface area (TPSA) is 64.1 Å². The summed E-state index contributed by atoms with van der Waals surface area (Å²) in [4.78, 5) is 4.21. The maximum atomic E-state index is 6.48. The van der Waals surface area contributed by atoms with Crippen LogP contribution in [0.4, 0.5) is 5.82 Å². The van der Waals surface area contributed by atoms with Gasteiger partial charge in [0.1, 0.15) is 11.6 Å². The quantitative estimate of drug-likeness (QED) is 0.719. The normalized spacial score (nSPS) is 14.3. The lowest BCUT2D eigenvalue weighted by Gasteiger charge is -2.13. The van der Waals surface area contributed by atoms with Crippen molar-refractivity contribution in [1.82, 2.24) is 10.3 Å². The van der Waals surface area contributed by atoms with Crippen LogP contribution in [0.25, 0.3) is 22.1 Å². The monoisotopic (exact) mass is 313 g/mol. The maximum Gasteiger partial charge on any atom is 0.154 e. The number of rotatable bonds is 1. The van der Waals surface area contributed by atoms with Gasteiger partial charge in [0.15, 0.2) is 5.58 Å². The van der Waals surface area contributed by atoms with E-state index in [4.69, 9.17) is 21.8 Å². The molecule has 0 saturated heterocycles. The van der Waals surface area contributed by atoms with Crippen molar-refractivity contribution in [3.05, 3.63) is 46.3 Å². The molecule has 4 nitrogen and oxygen atoms in total. The molecule has 0 atom stereocenters. The van der Waals surface area contributed by atoms with Crippen LogP contribution in [0, 0.1) is 6.92 Å². The minimum atomic E-state index is 0.515. The molecule has 0 bridgehead atoms. The van der Waals surface area contributed by atoms with Crippen LogP contribution in [-0.2, 0) is 13.0 Å². The van der Waals surface area contributed by atoms with Crippen LogP contribution in [0.3, 0.4) is 0 Å². The second-order valence-corrected chi connectivity index (χ2v) is 6.04. The molecule has 0 fully saturated rings. The highest BCUT2D eigenvalue weighted by Gasteiger charge is 2.23. The fourth-order valence-electron chi connectivity index (χ4n) is 3.08. The third-order valence-electron chi connectivity index (χ3n) is 4.19. The van der Waals surface area contributed by atoms with Gasteiger partial charge >= 0.3 is 0 Å². The average molecular weight is 314 g/mol. The summed E-state index contributed by atoms with van der Waals surface area (Å²) in [5.41, 5.74) is 10.8. The average Bonchev–Trinajstić information content (AvgIpc) is 2.92. The molecule has 1 aromatic carbocycles. The lowest BCUT2D eigenvalue weighted by atomic mass is 9.96. The van der Waals surface area contributed by atoms with Crippen molar-refractivity contribution in [3.63, 3.8) is 0 Å². The van der Waals surface area contributed by atoms with Crippen molar-refractivity contribution in [2.75, 3.05) is 12.3 Å². The van der Waals surface area contributed by atoms with Gasteiger partial charge in [0.25, 0.3) is 0 Å². The van der Waals surface area contributed by atoms with Gasteiger partial charge in [-0.1, -0.05) is 11.6 Å². The van der Waals surface area contributed by atoms with Gasteiger partial charge in [-0.05, 0) is 36.2 Å². The van der Waals surface area contributed by atoms with Gasteiger partial charge in [-0.15, -0.1) is 0 Å². The lowest BCUT2D eigenvalue weighted by molar-refractivity contribution is 0.500. The number of nitrogens with one attached hydrogen (secondary N) is 1. The molecule has 2 aromatic heterocycles. The van der Waals surface area contributed by atoms with Crippen molar-refractivity contribution in [2.45, 2.75) is 19.9 Å². The number of furan rings is 1. The number of benzene rings is 1. The van der Waals surface area contributed by atoms with Crippen molar-refractivity contribution in [1.29, 1.82) is 0 Å². The van der Waals surface area contributed by atoms with E-state index in [1.165, 1.54) is 5.56 Å². The van der Waals surface area contributed by atoms with Crippen LogP contribution in [0.1, 0.15) is 16.9 Å². The van der Waals surface area contributed by atoms with Gasteiger partial charge < -0.3 is 15.5 Å². The standard InChI is InChI=1S/C17H16ClN3O/c1-9-6-11(10-2-3-14(19)21-7-10)15-12-8-20-5-4-13(12)22-17(15)16(9)18/h2-3,6-7,20H,4-5,8H2,1H3,(H2,19,21). The Balaban J connectivity index is 2.07. The first-order valence-electron chi connectivity index (χ1n) is 7.31. The van der Waals surface area contributed by atoms with E-state index in [-0.39, 0.29) is 0 Å². The number of nitrogens with two attached hydrogens (primary N) is 1. The summed E-state index contributed by atoms with van der Waals surface area (Å²) in [6, 6.07) is 5.90. The van der Waals surface area contributed by atoms with E-state index in [0.717, 1.165) is 52.9 Å². The molecule has 3 heterocycles. The molecule has 3 N–H and O–H groups in total. The summed E-state index contributed by atoms with van der Waals surface area (Å²) < 4.78 is 6.07. The van der Waals surface area contributed by atoms with E-state index >= 15 is 0 Å². The molecule has 0 amide bonds. The van der Waals surface area contributed by atoms with Gasteiger partial charge in [-0.3, -0.25) is 0 Å². The number of hydrogen-bond donors (Lipinski definition) is 2. The smallest absolute Gasteiger partial charge is 0.154 e. The number of fused-ring (bicyclic) bond motifs is 3. The third kappa shape index (κ3) is 1.99. The zero-order chi connectivity index (χ0) is 15.3. The molecule has 0 radical (unpaired) electrons. The van der Waals surface area contributed by atoms with E-state index in [2.05, 4.69) is 16.4 Å². The molecule has 112 valence electrons. The Bertz CT molecular complexity index is 868. The third-order valence-corrected chi connectivity index (χ3v) is 4.66. The van der Waals surface area contributed by atoms with Gasteiger partial charge in [-0.2, -0.15) is 0 Å². The number of pyridine rings is 1. The Morgan fingerprint density at radius 2 is 2.23 bits per heavy atom. The molecular formula is C17H16ClN3O. The van der Waals surface area contributed by atoms with Crippen molar-refractivity contribution >= 4 is 28.4 Å². The van der Waals surface area contributed by atoms with E-state index in [0.29, 0.717) is 10.8 Å². The fourth-order valence-corrected chi connectivity index (χ4v) is 3.27. The summed E-state index contributed by atoms with van der Waals surface area (Å²) in [6.07, 6.45) is 2.69. The second-order valence-electron chi connectivity index (χ2n) is 5.66. The summed E-state index contributed by atoms with van der Waals surface area (Å²) in [5, 5.41) is 5.18. The minimum Gasteiger partial charge on any atom is -0.459 e. The van der Waals surface area contributed by atoms with Crippen molar-refractivity contribution in [3.8, 4) is 11.1 Å². The predicted octanol–water partition coefficient (Wildman–Crippen LogP) is 3.68. The first-order chi connectivity index (χ1) is 10.6. The fraction of sp³-hybridized carbons (Fsp3) is 0.235. The Morgan fingerprint density at radius 1 is 1.36 bits per heavy atom. The van der Waals surface area contributed by atoms with Crippen molar-refractivity contribution in [2.24, 2.45) is 0 Å². The SMILES string of the molecule is Cc1cc(-c2ccc(N)nc2)c2c3c(oc2c1Cl)CCNC3. The molecule has 3 aromatic rings. The van der Waals surface area contributed by atoms with Crippen LogP contribution < -0.4 is 11.1 Å². The molecule has 1 aliphatic rings. The van der Waals surface area contributed by atoms with E-state index in [9.17, 15) is 0 Å². The molecule has 0 aliphatic carbocycles. The molecule has 5 heteroatoms. The predicted molar refractivity (Wildman–Crippen MR) is 89.0 cm³/mol. The highest BCUT2D eigenvalue weighted by Crippen LogP contribution is 2.41. The van der Waals surface area contributed by atoms with Gasteiger partial charge in [-0.25, -0.2) is 4.98 Å². The van der Waals surface area contributed by atoms with E-state index < -0.39 is 0 Å². The number of anilines is 1. The molecular weight excluding hydrogens is 298 g/mol. The van der Waals surface area contributed by atoms with Crippen LogP contribution in [0.15, 0.2) is 28.8 Å². The second kappa shape index (κ2) is 5.00. The molecule has 1 aliphatic heterocycles. The molecule has 0 unspecified atom stereocenters. The van der Waals surface area contributed by atoms with Crippen molar-refractivity contribution < 1.29 is 4.42 Å². The Labute approximate surface area is 133 Å². The largest absolute Gasteiger partial charge is 0.459 e. The zero-order valence-corrected chi connectivity index (χ0v) is 13.0. The Hall–Kier alpha value is -2.04. The first kappa shape index (κ1) is 13.6. The summed E-state index contributed by atoms with van der Waals surface area (Å²) in [5.74, 6) is 1.55.